The normalized spacial score (nSPS) is 19.8. The molecule has 0 N–H and O–H groups in total. The summed E-state index contributed by atoms with van der Waals surface area (Å²) in [6.45, 7) is 3.03. The molecule has 0 heterocycles. The van der Waals surface area contributed by atoms with Crippen molar-refractivity contribution in [2.24, 2.45) is 17.3 Å². The number of hydrogen-bond donors (Lipinski definition) is 0. The van der Waals surface area contributed by atoms with Gasteiger partial charge in [0, 0.05) is 6.07 Å². The van der Waals surface area contributed by atoms with E-state index >= 15 is 0 Å². The predicted molar refractivity (Wildman–Crippen MR) is 102 cm³/mol. The van der Waals surface area contributed by atoms with Gasteiger partial charge in [-0.3, -0.25) is 4.79 Å². The summed E-state index contributed by atoms with van der Waals surface area (Å²) in [5, 5.41) is 0. The minimum absolute atomic E-state index is 0.0384. The molecule has 1 saturated carbocycles. The zero-order valence-electron chi connectivity index (χ0n) is 15.1. The van der Waals surface area contributed by atoms with Crippen LogP contribution in [-0.2, 0) is 16.1 Å². The average molecular weight is 429 g/mol. The molecule has 2 aromatic rings. The number of benzene rings is 2. The molecule has 1 aliphatic rings. The molecular formula is C21H17Cl2F3O2. The molecule has 28 heavy (non-hydrogen) atoms. The van der Waals surface area contributed by atoms with Crippen LogP contribution < -0.4 is 0 Å². The van der Waals surface area contributed by atoms with Gasteiger partial charge in [0.15, 0.2) is 0 Å². The lowest BCUT2D eigenvalue weighted by atomic mass is 10.0. The second-order valence-electron chi connectivity index (χ2n) is 7.26. The number of hydrogen-bond acceptors (Lipinski definition) is 2. The van der Waals surface area contributed by atoms with Gasteiger partial charge in [-0.25, -0.2) is 13.2 Å². The molecule has 0 spiro atoms. The molecule has 1 aliphatic carbocycles. The van der Waals surface area contributed by atoms with Crippen LogP contribution >= 0.6 is 23.2 Å². The lowest BCUT2D eigenvalue weighted by Crippen LogP contribution is -2.13. The monoisotopic (exact) mass is 428 g/mol. The van der Waals surface area contributed by atoms with Crippen molar-refractivity contribution in [3.05, 3.63) is 70.0 Å². The third kappa shape index (κ3) is 3.91. The number of carbonyl (C=O) groups excluding carboxylic acids is 1. The Hall–Kier alpha value is -1.98. The van der Waals surface area contributed by atoms with E-state index in [4.69, 9.17) is 27.9 Å². The van der Waals surface area contributed by atoms with Gasteiger partial charge in [-0.05, 0) is 23.0 Å². The standard InChI is InChI=1S/C21H17Cl2F3O2/c1-21(2)13(8-16(22)23)18(21)20(27)28-10-12-14(24)9-15(25)17(19(12)26)11-6-4-3-5-7-11/h3-9,13,18H,10H2,1-2H3/t13?,18-/m0/s1. The number of esters is 1. The summed E-state index contributed by atoms with van der Waals surface area (Å²) >= 11 is 11.3. The Kier molecular flexibility index (Phi) is 5.78. The van der Waals surface area contributed by atoms with E-state index in [1.165, 1.54) is 12.1 Å². The molecule has 1 unspecified atom stereocenters. The molecule has 2 nitrogen and oxygen atoms in total. The second kappa shape index (κ2) is 7.80. The first-order valence-electron chi connectivity index (χ1n) is 8.55. The van der Waals surface area contributed by atoms with E-state index in [0.29, 0.717) is 6.07 Å². The Labute approximate surface area is 170 Å². The highest BCUT2D eigenvalue weighted by atomic mass is 35.5. The molecule has 0 amide bonds. The Balaban J connectivity index is 1.82. The van der Waals surface area contributed by atoms with Crippen LogP contribution in [0.2, 0.25) is 0 Å². The predicted octanol–water partition coefficient (Wildman–Crippen LogP) is 6.41. The lowest BCUT2D eigenvalue weighted by Gasteiger charge is -2.12. The molecule has 0 bridgehead atoms. The van der Waals surface area contributed by atoms with Crippen molar-refractivity contribution >= 4 is 29.2 Å². The summed E-state index contributed by atoms with van der Waals surface area (Å²) in [5.74, 6) is -4.61. The first-order chi connectivity index (χ1) is 13.1. The molecule has 0 saturated heterocycles. The van der Waals surface area contributed by atoms with Crippen molar-refractivity contribution in [3.63, 3.8) is 0 Å². The molecule has 0 radical (unpaired) electrons. The average Bonchev–Trinajstić information content (AvgIpc) is 3.14. The zero-order chi connectivity index (χ0) is 20.6. The summed E-state index contributed by atoms with van der Waals surface area (Å²) < 4.78 is 48.3. The molecule has 3 rings (SSSR count). The topological polar surface area (TPSA) is 26.3 Å². The molecule has 2 atom stereocenters. The van der Waals surface area contributed by atoms with Gasteiger partial charge in [-0.2, -0.15) is 0 Å². The minimum atomic E-state index is -1.11. The van der Waals surface area contributed by atoms with Crippen LogP contribution in [0.15, 0.2) is 47.0 Å². The fraction of sp³-hybridized carbons (Fsp3) is 0.286. The van der Waals surface area contributed by atoms with E-state index in [2.05, 4.69) is 0 Å². The van der Waals surface area contributed by atoms with Gasteiger partial charge >= 0.3 is 5.97 Å². The first-order valence-corrected chi connectivity index (χ1v) is 9.31. The van der Waals surface area contributed by atoms with Crippen LogP contribution in [0.5, 0.6) is 0 Å². The van der Waals surface area contributed by atoms with E-state index < -0.39 is 46.9 Å². The third-order valence-electron chi connectivity index (χ3n) is 5.16. The maximum atomic E-state index is 14.8. The lowest BCUT2D eigenvalue weighted by molar-refractivity contribution is -0.147. The summed E-state index contributed by atoms with van der Waals surface area (Å²) in [6, 6.07) is 8.53. The molecule has 0 aliphatic heterocycles. The SMILES string of the molecule is CC1(C)C(C=C(Cl)Cl)[C@H]1C(=O)OCc1c(F)cc(F)c(-c2ccccc2)c1F. The van der Waals surface area contributed by atoms with Crippen molar-refractivity contribution in [1.82, 2.24) is 0 Å². The largest absolute Gasteiger partial charge is 0.460 e. The summed E-state index contributed by atoms with van der Waals surface area (Å²) in [6.07, 6.45) is 1.54. The van der Waals surface area contributed by atoms with Crippen molar-refractivity contribution < 1.29 is 22.7 Å². The van der Waals surface area contributed by atoms with Crippen LogP contribution in [0, 0.1) is 34.7 Å². The van der Waals surface area contributed by atoms with Gasteiger partial charge < -0.3 is 4.74 Å². The Morgan fingerprint density at radius 3 is 2.39 bits per heavy atom. The highest BCUT2D eigenvalue weighted by Crippen LogP contribution is 2.60. The van der Waals surface area contributed by atoms with Gasteiger partial charge in [0.25, 0.3) is 0 Å². The zero-order valence-corrected chi connectivity index (χ0v) is 16.6. The Bertz CT molecular complexity index is 938. The Morgan fingerprint density at radius 2 is 1.79 bits per heavy atom. The van der Waals surface area contributed by atoms with E-state index in [0.717, 1.165) is 0 Å². The summed E-state index contributed by atoms with van der Waals surface area (Å²) in [4.78, 5) is 12.4. The smallest absolute Gasteiger partial charge is 0.310 e. The first kappa shape index (κ1) is 20.7. The van der Waals surface area contributed by atoms with Crippen LogP contribution in [0.1, 0.15) is 19.4 Å². The van der Waals surface area contributed by atoms with Gasteiger partial charge in [-0.1, -0.05) is 67.4 Å². The fourth-order valence-corrected chi connectivity index (χ4v) is 3.71. The second-order valence-corrected chi connectivity index (χ2v) is 8.27. The molecule has 7 heteroatoms. The van der Waals surface area contributed by atoms with Gasteiger partial charge in [0.1, 0.15) is 28.6 Å². The summed E-state index contributed by atoms with van der Waals surface area (Å²) in [7, 11) is 0. The quantitative estimate of drug-likeness (QED) is 0.514. The highest BCUT2D eigenvalue weighted by molar-refractivity contribution is 6.55. The van der Waals surface area contributed by atoms with E-state index in [1.54, 1.807) is 24.3 Å². The van der Waals surface area contributed by atoms with Crippen LogP contribution in [0.4, 0.5) is 13.2 Å². The number of halogens is 5. The van der Waals surface area contributed by atoms with Gasteiger partial charge in [0.05, 0.1) is 17.0 Å². The van der Waals surface area contributed by atoms with Crippen molar-refractivity contribution in [3.8, 4) is 11.1 Å². The molecule has 1 fully saturated rings. The van der Waals surface area contributed by atoms with Crippen molar-refractivity contribution in [1.29, 1.82) is 0 Å². The maximum absolute atomic E-state index is 14.8. The van der Waals surface area contributed by atoms with Crippen LogP contribution in [0.25, 0.3) is 11.1 Å². The molecule has 2 aromatic carbocycles. The van der Waals surface area contributed by atoms with Crippen molar-refractivity contribution in [2.75, 3.05) is 0 Å². The van der Waals surface area contributed by atoms with Crippen molar-refractivity contribution in [2.45, 2.75) is 20.5 Å². The van der Waals surface area contributed by atoms with E-state index in [9.17, 15) is 18.0 Å². The number of ether oxygens (including phenoxy) is 1. The van der Waals surface area contributed by atoms with Gasteiger partial charge in [0.2, 0.25) is 0 Å². The fourth-order valence-electron chi connectivity index (χ4n) is 3.44. The maximum Gasteiger partial charge on any atom is 0.310 e. The molecule has 148 valence electrons. The highest BCUT2D eigenvalue weighted by Gasteiger charge is 2.61. The molecule has 0 aromatic heterocycles. The van der Waals surface area contributed by atoms with E-state index in [1.807, 2.05) is 13.8 Å². The third-order valence-corrected chi connectivity index (χ3v) is 5.41. The van der Waals surface area contributed by atoms with Crippen LogP contribution in [0.3, 0.4) is 0 Å². The van der Waals surface area contributed by atoms with E-state index in [-0.39, 0.29) is 21.5 Å². The molecular weight excluding hydrogens is 412 g/mol. The number of carbonyl (C=O) groups is 1. The van der Waals surface area contributed by atoms with Crippen LogP contribution in [-0.4, -0.2) is 5.97 Å². The van der Waals surface area contributed by atoms with Gasteiger partial charge in [-0.15, -0.1) is 0 Å². The number of rotatable bonds is 5. The number of allylic oxidation sites excluding steroid dienone is 1. The minimum Gasteiger partial charge on any atom is -0.460 e. The summed E-state index contributed by atoms with van der Waals surface area (Å²) in [5.41, 5.74) is -1.04. The Morgan fingerprint density at radius 1 is 1.14 bits per heavy atom.